The molecule has 2 rings (SSSR count). The fraction of sp³-hybridized carbons (Fsp3) is 0.333. The molecule has 0 spiro atoms. The molecular weight excluding hydrogens is 346 g/mol. The SMILES string of the molecule is CCCCCCc1ccc(S(=O)(=O)Nc2cc(Cl)ccc2O)cc1. The van der Waals surface area contributed by atoms with E-state index < -0.39 is 10.0 Å². The molecule has 2 aromatic carbocycles. The normalized spacial score (nSPS) is 11.4. The van der Waals surface area contributed by atoms with E-state index in [4.69, 9.17) is 11.6 Å². The smallest absolute Gasteiger partial charge is 0.262 e. The van der Waals surface area contributed by atoms with Crippen LogP contribution in [0.1, 0.15) is 38.2 Å². The maximum absolute atomic E-state index is 12.4. The maximum Gasteiger partial charge on any atom is 0.262 e. The van der Waals surface area contributed by atoms with Crippen molar-refractivity contribution in [1.29, 1.82) is 0 Å². The van der Waals surface area contributed by atoms with Crippen LogP contribution in [0.2, 0.25) is 5.02 Å². The van der Waals surface area contributed by atoms with Gasteiger partial charge >= 0.3 is 0 Å². The van der Waals surface area contributed by atoms with Gasteiger partial charge in [0.25, 0.3) is 10.0 Å². The molecule has 0 radical (unpaired) electrons. The van der Waals surface area contributed by atoms with E-state index in [1.54, 1.807) is 12.1 Å². The summed E-state index contributed by atoms with van der Waals surface area (Å²) in [6, 6.07) is 11.0. The van der Waals surface area contributed by atoms with Gasteiger partial charge in [-0.25, -0.2) is 8.42 Å². The molecule has 0 aliphatic rings. The molecule has 0 atom stereocenters. The average molecular weight is 368 g/mol. The van der Waals surface area contributed by atoms with Gasteiger partial charge in [0.1, 0.15) is 5.75 Å². The summed E-state index contributed by atoms with van der Waals surface area (Å²) in [5, 5.41) is 10.1. The Balaban J connectivity index is 2.08. The largest absolute Gasteiger partial charge is 0.506 e. The number of phenols is 1. The summed E-state index contributed by atoms with van der Waals surface area (Å²) in [7, 11) is -3.77. The highest BCUT2D eigenvalue weighted by Gasteiger charge is 2.16. The number of hydrogen-bond acceptors (Lipinski definition) is 3. The molecule has 2 N–H and O–H groups in total. The van der Waals surface area contributed by atoms with Gasteiger partial charge in [0.05, 0.1) is 10.6 Å². The van der Waals surface area contributed by atoms with E-state index in [1.807, 2.05) is 12.1 Å². The van der Waals surface area contributed by atoms with Crippen molar-refractivity contribution in [3.63, 3.8) is 0 Å². The van der Waals surface area contributed by atoms with Crippen LogP contribution in [0.4, 0.5) is 5.69 Å². The second kappa shape index (κ2) is 8.40. The minimum absolute atomic E-state index is 0.0612. The van der Waals surface area contributed by atoms with Gasteiger partial charge in [-0.1, -0.05) is 49.9 Å². The molecule has 0 amide bonds. The van der Waals surface area contributed by atoms with E-state index in [-0.39, 0.29) is 16.3 Å². The summed E-state index contributed by atoms with van der Waals surface area (Å²) < 4.78 is 27.2. The number of unbranched alkanes of at least 4 members (excludes halogenated alkanes) is 3. The number of anilines is 1. The summed E-state index contributed by atoms with van der Waals surface area (Å²) >= 11 is 5.84. The molecule has 6 heteroatoms. The first kappa shape index (κ1) is 18.6. The number of sulfonamides is 1. The van der Waals surface area contributed by atoms with Gasteiger partial charge in [0, 0.05) is 5.02 Å². The highest BCUT2D eigenvalue weighted by molar-refractivity contribution is 7.92. The first-order valence-corrected chi connectivity index (χ1v) is 9.89. The predicted octanol–water partition coefficient (Wildman–Crippen LogP) is 4.97. The van der Waals surface area contributed by atoms with Crippen molar-refractivity contribution >= 4 is 27.3 Å². The summed E-state index contributed by atoms with van der Waals surface area (Å²) in [5.74, 6) is -0.171. The van der Waals surface area contributed by atoms with Crippen molar-refractivity contribution < 1.29 is 13.5 Å². The van der Waals surface area contributed by atoms with Crippen molar-refractivity contribution in [1.82, 2.24) is 0 Å². The summed E-state index contributed by atoms with van der Waals surface area (Å²) in [4.78, 5) is 0.152. The number of aryl methyl sites for hydroxylation is 1. The van der Waals surface area contributed by atoms with Crippen LogP contribution in [0.25, 0.3) is 0 Å². The molecule has 0 fully saturated rings. The predicted molar refractivity (Wildman–Crippen MR) is 98.2 cm³/mol. The molecule has 24 heavy (non-hydrogen) atoms. The molecule has 0 saturated carbocycles. The van der Waals surface area contributed by atoms with Crippen LogP contribution in [0, 0.1) is 0 Å². The quantitative estimate of drug-likeness (QED) is 0.511. The molecule has 0 aliphatic carbocycles. The third-order valence-corrected chi connectivity index (χ3v) is 5.37. The number of rotatable bonds is 8. The highest BCUT2D eigenvalue weighted by Crippen LogP contribution is 2.28. The monoisotopic (exact) mass is 367 g/mol. The number of phenolic OH excluding ortho intramolecular Hbond substituents is 1. The lowest BCUT2D eigenvalue weighted by molar-refractivity contribution is 0.477. The van der Waals surface area contributed by atoms with Gasteiger partial charge in [-0.3, -0.25) is 4.72 Å². The van der Waals surface area contributed by atoms with Gasteiger partial charge in [0.15, 0.2) is 0 Å². The van der Waals surface area contributed by atoms with Gasteiger partial charge in [-0.05, 0) is 48.7 Å². The lowest BCUT2D eigenvalue weighted by Crippen LogP contribution is -2.13. The molecular formula is C18H22ClNO3S. The van der Waals surface area contributed by atoms with E-state index in [2.05, 4.69) is 11.6 Å². The first-order valence-electron chi connectivity index (χ1n) is 8.02. The number of halogens is 1. The Labute approximate surface area is 148 Å². The van der Waals surface area contributed by atoms with Crippen LogP contribution in [0.5, 0.6) is 5.75 Å². The van der Waals surface area contributed by atoms with E-state index >= 15 is 0 Å². The molecule has 4 nitrogen and oxygen atoms in total. The number of hydrogen-bond donors (Lipinski definition) is 2. The van der Waals surface area contributed by atoms with E-state index in [0.29, 0.717) is 5.02 Å². The van der Waals surface area contributed by atoms with Gasteiger partial charge < -0.3 is 5.11 Å². The van der Waals surface area contributed by atoms with Crippen LogP contribution in [-0.4, -0.2) is 13.5 Å². The van der Waals surface area contributed by atoms with Crippen molar-refractivity contribution in [2.45, 2.75) is 43.9 Å². The van der Waals surface area contributed by atoms with Crippen molar-refractivity contribution in [3.8, 4) is 5.75 Å². The number of aromatic hydroxyl groups is 1. The molecule has 130 valence electrons. The van der Waals surface area contributed by atoms with E-state index in [1.165, 1.54) is 37.5 Å². The van der Waals surface area contributed by atoms with Gasteiger partial charge in [-0.15, -0.1) is 0 Å². The van der Waals surface area contributed by atoms with Crippen LogP contribution < -0.4 is 4.72 Å². The van der Waals surface area contributed by atoms with Crippen LogP contribution >= 0.6 is 11.6 Å². The maximum atomic E-state index is 12.4. The molecule has 0 unspecified atom stereocenters. The molecule has 0 aromatic heterocycles. The molecule has 0 saturated heterocycles. The van der Waals surface area contributed by atoms with Crippen LogP contribution in [0.3, 0.4) is 0 Å². The fourth-order valence-corrected chi connectivity index (χ4v) is 3.62. The third kappa shape index (κ3) is 5.14. The minimum atomic E-state index is -3.77. The Morgan fingerprint density at radius 1 is 1.04 bits per heavy atom. The Hall–Kier alpha value is -1.72. The molecule has 0 aliphatic heterocycles. The second-order valence-electron chi connectivity index (χ2n) is 5.72. The van der Waals surface area contributed by atoms with E-state index in [0.717, 1.165) is 18.4 Å². The Bertz CT molecular complexity index is 773. The molecule has 0 bridgehead atoms. The van der Waals surface area contributed by atoms with Gasteiger partial charge in [0.2, 0.25) is 0 Å². The van der Waals surface area contributed by atoms with Crippen molar-refractivity contribution in [2.24, 2.45) is 0 Å². The first-order chi connectivity index (χ1) is 11.4. The number of nitrogens with one attached hydrogen (secondary N) is 1. The summed E-state index contributed by atoms with van der Waals surface area (Å²) in [6.45, 7) is 2.17. The average Bonchev–Trinajstić information content (AvgIpc) is 2.55. The lowest BCUT2D eigenvalue weighted by atomic mass is 10.1. The Kier molecular flexibility index (Phi) is 6.52. The summed E-state index contributed by atoms with van der Waals surface area (Å²) in [6.07, 6.45) is 5.66. The second-order valence-corrected chi connectivity index (χ2v) is 7.84. The summed E-state index contributed by atoms with van der Waals surface area (Å²) in [5.41, 5.74) is 1.18. The van der Waals surface area contributed by atoms with Gasteiger partial charge in [-0.2, -0.15) is 0 Å². The third-order valence-electron chi connectivity index (χ3n) is 3.76. The minimum Gasteiger partial charge on any atom is -0.506 e. The topological polar surface area (TPSA) is 66.4 Å². The zero-order valence-corrected chi connectivity index (χ0v) is 15.2. The van der Waals surface area contributed by atoms with Crippen LogP contribution in [0.15, 0.2) is 47.4 Å². The molecule has 0 heterocycles. The molecule has 2 aromatic rings. The zero-order valence-electron chi connectivity index (χ0n) is 13.6. The Morgan fingerprint density at radius 2 is 1.75 bits per heavy atom. The van der Waals surface area contributed by atoms with Crippen molar-refractivity contribution in [2.75, 3.05) is 4.72 Å². The zero-order chi connectivity index (χ0) is 17.6. The lowest BCUT2D eigenvalue weighted by Gasteiger charge is -2.10. The standard InChI is InChI=1S/C18H22ClNO3S/c1-2-3-4-5-6-14-7-10-16(11-8-14)24(22,23)20-17-13-15(19)9-12-18(17)21/h7-13,20-21H,2-6H2,1H3. The van der Waals surface area contributed by atoms with Crippen LogP contribution in [-0.2, 0) is 16.4 Å². The highest BCUT2D eigenvalue weighted by atomic mass is 35.5. The Morgan fingerprint density at radius 3 is 2.42 bits per heavy atom. The van der Waals surface area contributed by atoms with Crippen molar-refractivity contribution in [3.05, 3.63) is 53.1 Å². The number of benzene rings is 2. The van der Waals surface area contributed by atoms with E-state index in [9.17, 15) is 13.5 Å². The fourth-order valence-electron chi connectivity index (χ4n) is 2.38.